The number of carbonyl (C=O) groups is 1. The molecule has 1 atom stereocenters. The van der Waals surface area contributed by atoms with Gasteiger partial charge in [0.05, 0.1) is 9.88 Å². The van der Waals surface area contributed by atoms with E-state index in [1.807, 2.05) is 0 Å². The molecule has 5 rings (SSSR count). The summed E-state index contributed by atoms with van der Waals surface area (Å²) in [6, 6.07) is 6.52. The third kappa shape index (κ3) is 4.89. The second-order valence-electron chi connectivity index (χ2n) is 8.51. The van der Waals surface area contributed by atoms with Gasteiger partial charge in [0, 0.05) is 31.2 Å². The van der Waals surface area contributed by atoms with Crippen LogP contribution in [-0.4, -0.2) is 44.9 Å². The maximum absolute atomic E-state index is 13.5. The molecule has 2 aliphatic rings. The average molecular weight is 492 g/mol. The zero-order chi connectivity index (χ0) is 23.9. The number of piperidine rings is 1. The lowest BCUT2D eigenvalue weighted by molar-refractivity contribution is -0.141. The first-order valence-electron chi connectivity index (χ1n) is 11.0. The number of carbonyl (C=O) groups excluding carboxylic acids is 1. The van der Waals surface area contributed by atoms with Crippen LogP contribution in [0.3, 0.4) is 0 Å². The summed E-state index contributed by atoms with van der Waals surface area (Å²) >= 11 is 1.47. The van der Waals surface area contributed by atoms with Crippen molar-refractivity contribution in [3.8, 4) is 10.4 Å². The Kier molecular flexibility index (Phi) is 5.97. The van der Waals surface area contributed by atoms with E-state index in [-0.39, 0.29) is 30.3 Å². The van der Waals surface area contributed by atoms with E-state index in [9.17, 15) is 22.4 Å². The van der Waals surface area contributed by atoms with Crippen LogP contribution in [-0.2, 0) is 6.18 Å². The summed E-state index contributed by atoms with van der Waals surface area (Å²) in [4.78, 5) is 28.0. The van der Waals surface area contributed by atoms with E-state index < -0.39 is 11.9 Å². The number of alkyl halides is 3. The van der Waals surface area contributed by atoms with Crippen LogP contribution in [0.15, 0.2) is 36.5 Å². The summed E-state index contributed by atoms with van der Waals surface area (Å²) in [7, 11) is 0. The Hall–Kier alpha value is -3.08. The molecule has 2 aromatic heterocycles. The molecule has 1 saturated heterocycles. The maximum Gasteiger partial charge on any atom is 0.433 e. The van der Waals surface area contributed by atoms with Gasteiger partial charge in [0.15, 0.2) is 0 Å². The predicted octanol–water partition coefficient (Wildman–Crippen LogP) is 5.35. The highest BCUT2D eigenvalue weighted by molar-refractivity contribution is 7.15. The Balaban J connectivity index is 1.35. The second-order valence-corrected chi connectivity index (χ2v) is 9.54. The highest BCUT2D eigenvalue weighted by Gasteiger charge is 2.35. The van der Waals surface area contributed by atoms with Gasteiger partial charge in [-0.25, -0.2) is 19.3 Å². The smallest absolute Gasteiger partial charge is 0.350 e. The van der Waals surface area contributed by atoms with Gasteiger partial charge in [0.25, 0.3) is 5.91 Å². The van der Waals surface area contributed by atoms with E-state index in [1.54, 1.807) is 17.0 Å². The van der Waals surface area contributed by atoms with Crippen LogP contribution >= 0.6 is 11.3 Å². The fourth-order valence-electron chi connectivity index (χ4n) is 3.98. The lowest BCUT2D eigenvalue weighted by Gasteiger charge is -2.33. The molecule has 0 spiro atoms. The number of amides is 1. The van der Waals surface area contributed by atoms with Gasteiger partial charge in [0.2, 0.25) is 5.95 Å². The number of anilines is 1. The number of benzene rings is 1. The molecule has 34 heavy (non-hydrogen) atoms. The first kappa shape index (κ1) is 22.7. The van der Waals surface area contributed by atoms with E-state index in [0.717, 1.165) is 35.7 Å². The molecule has 1 aliphatic heterocycles. The molecule has 6 nitrogen and oxygen atoms in total. The van der Waals surface area contributed by atoms with Gasteiger partial charge in [-0.2, -0.15) is 13.2 Å². The topological polar surface area (TPSA) is 71.0 Å². The van der Waals surface area contributed by atoms with Crippen LogP contribution in [0.5, 0.6) is 0 Å². The lowest BCUT2D eigenvalue weighted by atomic mass is 10.0. The van der Waals surface area contributed by atoms with Crippen molar-refractivity contribution in [2.75, 3.05) is 18.4 Å². The minimum Gasteiger partial charge on any atom is -0.350 e. The molecule has 11 heteroatoms. The average Bonchev–Trinajstić information content (AvgIpc) is 3.58. The molecular formula is C23H21F4N5OS. The van der Waals surface area contributed by atoms with Crippen molar-refractivity contribution in [2.45, 2.75) is 43.8 Å². The van der Waals surface area contributed by atoms with Crippen LogP contribution in [0.2, 0.25) is 0 Å². The standard InChI is InChI=1S/C23H21F4N5OS/c24-15-7-5-13(6-8-15)19-18(31-20(34-19)14-3-4-14)21(33)32-11-1-2-16(12-32)29-22-28-10-9-17(30-22)23(25,26)27/h5-10,14,16H,1-4,11-12H2,(H,28,29,30)/t16-/m1/s1. The summed E-state index contributed by atoms with van der Waals surface area (Å²) in [5, 5.41) is 3.85. The third-order valence-corrected chi connectivity index (χ3v) is 7.13. The van der Waals surface area contributed by atoms with Crippen molar-refractivity contribution in [3.05, 3.63) is 58.7 Å². The Morgan fingerprint density at radius 2 is 1.85 bits per heavy atom. The van der Waals surface area contributed by atoms with E-state index in [0.29, 0.717) is 35.9 Å². The summed E-state index contributed by atoms with van der Waals surface area (Å²) < 4.78 is 52.3. The van der Waals surface area contributed by atoms with Crippen LogP contribution in [0.1, 0.15) is 52.8 Å². The summed E-state index contributed by atoms with van der Waals surface area (Å²) in [5.41, 5.74) is 0.0560. The Morgan fingerprint density at radius 1 is 1.09 bits per heavy atom. The molecule has 1 amide bonds. The second kappa shape index (κ2) is 8.94. The van der Waals surface area contributed by atoms with Gasteiger partial charge in [-0.3, -0.25) is 4.79 Å². The van der Waals surface area contributed by atoms with Gasteiger partial charge in [-0.05, 0) is 49.4 Å². The van der Waals surface area contributed by atoms with E-state index >= 15 is 0 Å². The number of halogens is 4. The summed E-state index contributed by atoms with van der Waals surface area (Å²) in [6.45, 7) is 0.803. The minimum absolute atomic E-state index is 0.120. The van der Waals surface area contributed by atoms with Gasteiger partial charge in [0.1, 0.15) is 17.2 Å². The number of thiazole rings is 1. The number of nitrogens with one attached hydrogen (secondary N) is 1. The molecule has 178 valence electrons. The Bertz CT molecular complexity index is 1190. The molecule has 3 heterocycles. The van der Waals surface area contributed by atoms with Gasteiger partial charge in [-0.1, -0.05) is 12.1 Å². The van der Waals surface area contributed by atoms with Crippen LogP contribution in [0.25, 0.3) is 10.4 Å². The van der Waals surface area contributed by atoms with E-state index in [1.165, 1.54) is 23.5 Å². The summed E-state index contributed by atoms with van der Waals surface area (Å²) in [5.74, 6) is -0.352. The van der Waals surface area contributed by atoms with Gasteiger partial charge in [-0.15, -0.1) is 11.3 Å². The van der Waals surface area contributed by atoms with Crippen molar-refractivity contribution in [1.29, 1.82) is 0 Å². The number of nitrogens with zero attached hydrogens (tertiary/aromatic N) is 4. The van der Waals surface area contributed by atoms with Gasteiger partial charge < -0.3 is 10.2 Å². The molecule has 1 N–H and O–H groups in total. The number of hydrogen-bond donors (Lipinski definition) is 1. The van der Waals surface area contributed by atoms with E-state index in [4.69, 9.17) is 0 Å². The van der Waals surface area contributed by atoms with Crippen LogP contribution < -0.4 is 5.32 Å². The minimum atomic E-state index is -4.56. The molecule has 0 bridgehead atoms. The molecule has 1 saturated carbocycles. The quantitative estimate of drug-likeness (QED) is 0.487. The zero-order valence-corrected chi connectivity index (χ0v) is 18.8. The van der Waals surface area contributed by atoms with Crippen molar-refractivity contribution in [3.63, 3.8) is 0 Å². The highest BCUT2D eigenvalue weighted by Crippen LogP contribution is 2.45. The number of rotatable bonds is 5. The van der Waals surface area contributed by atoms with Crippen LogP contribution in [0.4, 0.5) is 23.5 Å². The number of aromatic nitrogens is 3. The Labute approximate surface area is 197 Å². The largest absolute Gasteiger partial charge is 0.433 e. The SMILES string of the molecule is O=C(c1nc(C2CC2)sc1-c1ccc(F)cc1)N1CCC[C@@H](Nc2nccc(C(F)(F)F)n2)C1. The molecular weight excluding hydrogens is 470 g/mol. The Morgan fingerprint density at radius 3 is 2.56 bits per heavy atom. The van der Waals surface area contributed by atoms with Gasteiger partial charge >= 0.3 is 6.18 Å². The van der Waals surface area contributed by atoms with Crippen molar-refractivity contribution < 1.29 is 22.4 Å². The summed E-state index contributed by atoms with van der Waals surface area (Å²) in [6.07, 6.45) is -0.0814. The number of likely N-dealkylation sites (tertiary alicyclic amines) is 1. The van der Waals surface area contributed by atoms with Crippen molar-refractivity contribution >= 4 is 23.2 Å². The molecule has 3 aromatic rings. The number of hydrogen-bond acceptors (Lipinski definition) is 6. The first-order valence-corrected chi connectivity index (χ1v) is 11.8. The molecule has 0 radical (unpaired) electrons. The molecule has 1 aliphatic carbocycles. The van der Waals surface area contributed by atoms with Crippen molar-refractivity contribution in [1.82, 2.24) is 19.9 Å². The maximum atomic E-state index is 13.5. The first-order chi connectivity index (χ1) is 16.3. The monoisotopic (exact) mass is 491 g/mol. The molecule has 1 aromatic carbocycles. The molecule has 2 fully saturated rings. The fourth-order valence-corrected chi connectivity index (χ4v) is 5.21. The molecule has 0 unspecified atom stereocenters. The van der Waals surface area contributed by atoms with Crippen molar-refractivity contribution in [2.24, 2.45) is 0 Å². The highest BCUT2D eigenvalue weighted by atomic mass is 32.1. The fraction of sp³-hybridized carbons (Fsp3) is 0.391. The third-order valence-electron chi connectivity index (χ3n) is 5.87. The van der Waals surface area contributed by atoms with E-state index in [2.05, 4.69) is 20.3 Å². The van der Waals surface area contributed by atoms with Crippen LogP contribution in [0, 0.1) is 5.82 Å². The normalized spacial score (nSPS) is 18.7. The zero-order valence-electron chi connectivity index (χ0n) is 18.0. The lowest BCUT2D eigenvalue weighted by Crippen LogP contribution is -2.45. The predicted molar refractivity (Wildman–Crippen MR) is 119 cm³/mol.